The average Bonchev–Trinajstić information content (AvgIpc) is 3.35. The lowest BCUT2D eigenvalue weighted by molar-refractivity contribution is 0.367. The standard InChI is InChI=1S/C22H23N3OS2/c1-13(2)19(15-8-5-4-6-9-15)23-14(3)20-24-21(26)18-16(12-28-22(18)25-20)17-10-7-11-27-17/h4-14,19,23H,1-3H3,(H,24,25,26)/t14-,19-/m1/s1. The van der Waals surface area contributed by atoms with Gasteiger partial charge in [0.05, 0.1) is 11.4 Å². The molecule has 0 aliphatic heterocycles. The van der Waals surface area contributed by atoms with Crippen LogP contribution in [-0.4, -0.2) is 9.97 Å². The molecule has 4 rings (SSSR count). The average molecular weight is 410 g/mol. The monoisotopic (exact) mass is 409 g/mol. The summed E-state index contributed by atoms with van der Waals surface area (Å²) in [4.78, 5) is 22.5. The van der Waals surface area contributed by atoms with Crippen LogP contribution < -0.4 is 10.9 Å². The first-order valence-electron chi connectivity index (χ1n) is 9.41. The van der Waals surface area contributed by atoms with Gasteiger partial charge >= 0.3 is 0 Å². The number of fused-ring (bicyclic) bond motifs is 1. The van der Waals surface area contributed by atoms with E-state index in [0.29, 0.717) is 17.1 Å². The number of hydrogen-bond acceptors (Lipinski definition) is 5. The van der Waals surface area contributed by atoms with Crippen molar-refractivity contribution in [1.29, 1.82) is 0 Å². The lowest BCUT2D eigenvalue weighted by atomic mass is 9.95. The third-order valence-corrected chi connectivity index (χ3v) is 6.69. The van der Waals surface area contributed by atoms with E-state index in [-0.39, 0.29) is 17.6 Å². The zero-order valence-corrected chi connectivity index (χ0v) is 17.7. The van der Waals surface area contributed by atoms with E-state index < -0.39 is 0 Å². The Morgan fingerprint density at radius 3 is 2.50 bits per heavy atom. The summed E-state index contributed by atoms with van der Waals surface area (Å²) in [5.74, 6) is 1.09. The topological polar surface area (TPSA) is 57.8 Å². The quantitative estimate of drug-likeness (QED) is 0.425. The number of rotatable bonds is 6. The SMILES string of the molecule is CC(C)[C@@H](N[C@H](C)c1nc2scc(-c3cccs3)c2c(=O)[nH]1)c1ccccc1. The van der Waals surface area contributed by atoms with Gasteiger partial charge in [-0.2, -0.15) is 0 Å². The minimum Gasteiger partial charge on any atom is -0.309 e. The van der Waals surface area contributed by atoms with Gasteiger partial charge in [0.1, 0.15) is 10.7 Å². The fourth-order valence-corrected chi connectivity index (χ4v) is 5.24. The molecule has 0 saturated heterocycles. The molecule has 0 bridgehead atoms. The van der Waals surface area contributed by atoms with Gasteiger partial charge < -0.3 is 10.3 Å². The minimum atomic E-state index is -0.0722. The molecule has 144 valence electrons. The highest BCUT2D eigenvalue weighted by Crippen LogP contribution is 2.34. The van der Waals surface area contributed by atoms with Crippen LogP contribution in [0.1, 0.15) is 44.2 Å². The molecule has 4 nitrogen and oxygen atoms in total. The van der Waals surface area contributed by atoms with Crippen LogP contribution in [0.3, 0.4) is 0 Å². The molecular weight excluding hydrogens is 386 g/mol. The molecule has 1 aromatic carbocycles. The molecular formula is C22H23N3OS2. The van der Waals surface area contributed by atoms with Crippen molar-refractivity contribution in [3.8, 4) is 10.4 Å². The van der Waals surface area contributed by atoms with Crippen molar-refractivity contribution in [1.82, 2.24) is 15.3 Å². The predicted octanol–water partition coefficient (Wildman–Crippen LogP) is 5.76. The summed E-state index contributed by atoms with van der Waals surface area (Å²) in [7, 11) is 0. The molecule has 6 heteroatoms. The van der Waals surface area contributed by atoms with Gasteiger partial charge in [0.15, 0.2) is 0 Å². The van der Waals surface area contributed by atoms with Gasteiger partial charge in [0, 0.05) is 21.9 Å². The van der Waals surface area contributed by atoms with Crippen LogP contribution in [0.5, 0.6) is 0 Å². The van der Waals surface area contributed by atoms with Crippen LogP contribution in [-0.2, 0) is 0 Å². The third-order valence-electron chi connectivity index (χ3n) is 4.91. The van der Waals surface area contributed by atoms with Gasteiger partial charge in [-0.15, -0.1) is 22.7 Å². The van der Waals surface area contributed by atoms with Gasteiger partial charge in [0.2, 0.25) is 0 Å². The summed E-state index contributed by atoms with van der Waals surface area (Å²) < 4.78 is 0. The number of aromatic nitrogens is 2. The molecule has 3 heterocycles. The zero-order valence-electron chi connectivity index (χ0n) is 16.1. The maximum atomic E-state index is 12.9. The van der Waals surface area contributed by atoms with Crippen LogP contribution >= 0.6 is 22.7 Å². The lowest BCUT2D eigenvalue weighted by Crippen LogP contribution is -2.30. The number of thiophene rings is 2. The number of H-pyrrole nitrogens is 1. The largest absolute Gasteiger partial charge is 0.309 e. The molecule has 2 atom stereocenters. The Bertz CT molecular complexity index is 1110. The van der Waals surface area contributed by atoms with E-state index in [0.717, 1.165) is 15.3 Å². The Kier molecular flexibility index (Phi) is 5.44. The maximum Gasteiger partial charge on any atom is 0.260 e. The fourth-order valence-electron chi connectivity index (χ4n) is 3.47. The molecule has 28 heavy (non-hydrogen) atoms. The molecule has 0 amide bonds. The molecule has 0 aliphatic carbocycles. The second-order valence-electron chi connectivity index (χ2n) is 7.28. The van der Waals surface area contributed by atoms with E-state index in [1.54, 1.807) is 11.3 Å². The number of nitrogens with one attached hydrogen (secondary N) is 2. The molecule has 3 aromatic heterocycles. The first kappa shape index (κ1) is 19.1. The molecule has 0 unspecified atom stereocenters. The summed E-state index contributed by atoms with van der Waals surface area (Å²) in [6.45, 7) is 6.45. The van der Waals surface area contributed by atoms with Crippen molar-refractivity contribution >= 4 is 32.9 Å². The van der Waals surface area contributed by atoms with Crippen LogP contribution in [0, 0.1) is 5.92 Å². The summed E-state index contributed by atoms with van der Waals surface area (Å²) in [6, 6.07) is 14.6. The maximum absolute atomic E-state index is 12.9. The van der Waals surface area contributed by atoms with Gasteiger partial charge in [-0.1, -0.05) is 50.2 Å². The number of hydrogen-bond donors (Lipinski definition) is 2. The molecule has 0 aliphatic rings. The van der Waals surface area contributed by atoms with Crippen LogP contribution in [0.2, 0.25) is 0 Å². The Labute approximate surface area is 172 Å². The summed E-state index contributed by atoms with van der Waals surface area (Å²) in [5.41, 5.74) is 2.14. The summed E-state index contributed by atoms with van der Waals surface area (Å²) in [6.07, 6.45) is 0. The highest BCUT2D eigenvalue weighted by molar-refractivity contribution is 7.18. The molecule has 0 radical (unpaired) electrons. The number of aromatic amines is 1. The van der Waals surface area contributed by atoms with Crippen molar-refractivity contribution in [2.75, 3.05) is 0 Å². The van der Waals surface area contributed by atoms with Crippen molar-refractivity contribution in [2.45, 2.75) is 32.9 Å². The van der Waals surface area contributed by atoms with E-state index in [9.17, 15) is 4.79 Å². The molecule has 0 fully saturated rings. The Balaban J connectivity index is 1.66. The first-order valence-corrected chi connectivity index (χ1v) is 11.2. The summed E-state index contributed by atoms with van der Waals surface area (Å²) >= 11 is 3.16. The van der Waals surface area contributed by atoms with Crippen LogP contribution in [0.25, 0.3) is 20.7 Å². The van der Waals surface area contributed by atoms with Crippen molar-refractivity contribution < 1.29 is 0 Å². The zero-order chi connectivity index (χ0) is 19.7. The lowest BCUT2D eigenvalue weighted by Gasteiger charge is -2.26. The Hall–Kier alpha value is -2.28. The molecule has 4 aromatic rings. The van der Waals surface area contributed by atoms with Crippen LogP contribution in [0.4, 0.5) is 0 Å². The van der Waals surface area contributed by atoms with E-state index in [2.05, 4.69) is 55.3 Å². The number of benzene rings is 1. The number of nitrogens with zero attached hydrogens (tertiary/aromatic N) is 1. The third kappa shape index (κ3) is 3.68. The van der Waals surface area contributed by atoms with E-state index in [4.69, 9.17) is 4.98 Å². The van der Waals surface area contributed by atoms with Crippen molar-refractivity contribution in [3.05, 3.63) is 75.0 Å². The van der Waals surface area contributed by atoms with E-state index in [1.807, 2.05) is 29.0 Å². The van der Waals surface area contributed by atoms with Gasteiger partial charge in [-0.05, 0) is 29.9 Å². The normalized spacial score (nSPS) is 13.9. The molecule has 0 spiro atoms. The van der Waals surface area contributed by atoms with Crippen LogP contribution in [0.15, 0.2) is 58.0 Å². The van der Waals surface area contributed by atoms with Gasteiger partial charge in [-0.25, -0.2) is 4.98 Å². The van der Waals surface area contributed by atoms with Gasteiger partial charge in [-0.3, -0.25) is 4.79 Å². The summed E-state index contributed by atoms with van der Waals surface area (Å²) in [5, 5.41) is 8.39. The highest BCUT2D eigenvalue weighted by atomic mass is 32.1. The second-order valence-corrected chi connectivity index (χ2v) is 9.08. The smallest absolute Gasteiger partial charge is 0.260 e. The van der Waals surface area contributed by atoms with Crippen molar-refractivity contribution in [3.63, 3.8) is 0 Å². The minimum absolute atomic E-state index is 0.0703. The van der Waals surface area contributed by atoms with E-state index in [1.165, 1.54) is 16.9 Å². The fraction of sp³-hybridized carbons (Fsp3) is 0.273. The molecule has 0 saturated carbocycles. The van der Waals surface area contributed by atoms with Gasteiger partial charge in [0.25, 0.3) is 5.56 Å². The Morgan fingerprint density at radius 1 is 1.04 bits per heavy atom. The second kappa shape index (κ2) is 7.99. The van der Waals surface area contributed by atoms with Crippen molar-refractivity contribution in [2.24, 2.45) is 5.92 Å². The van der Waals surface area contributed by atoms with E-state index >= 15 is 0 Å². The first-order chi connectivity index (χ1) is 13.5. The Morgan fingerprint density at radius 2 is 1.82 bits per heavy atom. The highest BCUT2D eigenvalue weighted by Gasteiger charge is 2.21. The predicted molar refractivity (Wildman–Crippen MR) is 119 cm³/mol. The molecule has 2 N–H and O–H groups in total.